The van der Waals surface area contributed by atoms with Gasteiger partial charge in [-0.2, -0.15) is 5.10 Å². The Labute approximate surface area is 164 Å². The van der Waals surface area contributed by atoms with Crippen LogP contribution >= 0.6 is 11.6 Å². The van der Waals surface area contributed by atoms with Gasteiger partial charge in [0.05, 0.1) is 23.3 Å². The molecule has 7 heteroatoms. The highest BCUT2D eigenvalue weighted by Crippen LogP contribution is 2.15. The summed E-state index contributed by atoms with van der Waals surface area (Å²) in [5.74, 6) is -0.835. The molecule has 0 unspecified atom stereocenters. The first-order valence-corrected chi connectivity index (χ1v) is 9.12. The number of carbonyl (C=O) groups excluding carboxylic acids is 2. The predicted molar refractivity (Wildman–Crippen MR) is 110 cm³/mol. The molecule has 2 aromatic carbocycles. The Kier molecular flexibility index (Phi) is 7.82. The van der Waals surface area contributed by atoms with Crippen molar-refractivity contribution < 1.29 is 9.59 Å². The maximum Gasteiger partial charge on any atom is 0.259 e. The number of hydrogen-bond acceptors (Lipinski definition) is 4. The molecule has 27 heavy (non-hydrogen) atoms. The van der Waals surface area contributed by atoms with Gasteiger partial charge in [-0.05, 0) is 43.7 Å². The van der Waals surface area contributed by atoms with Crippen LogP contribution in [0.1, 0.15) is 29.8 Å². The minimum Gasteiger partial charge on any atom is -0.372 e. The van der Waals surface area contributed by atoms with Crippen LogP contribution in [0.5, 0.6) is 0 Å². The average Bonchev–Trinajstić information content (AvgIpc) is 2.68. The van der Waals surface area contributed by atoms with Crippen molar-refractivity contribution in [3.8, 4) is 0 Å². The number of hydrogen-bond donors (Lipinski definition) is 2. The Balaban J connectivity index is 1.81. The van der Waals surface area contributed by atoms with Gasteiger partial charge in [-0.3, -0.25) is 9.59 Å². The Hall–Kier alpha value is -2.86. The van der Waals surface area contributed by atoms with Gasteiger partial charge in [0.15, 0.2) is 0 Å². The molecule has 0 spiro atoms. The summed E-state index contributed by atoms with van der Waals surface area (Å²) >= 11 is 5.95. The van der Waals surface area contributed by atoms with Crippen LogP contribution in [-0.2, 0) is 4.79 Å². The third-order valence-corrected chi connectivity index (χ3v) is 4.28. The number of halogens is 1. The largest absolute Gasteiger partial charge is 0.372 e. The monoisotopic (exact) mass is 386 g/mol. The Morgan fingerprint density at radius 2 is 1.74 bits per heavy atom. The molecule has 142 valence electrons. The van der Waals surface area contributed by atoms with E-state index >= 15 is 0 Å². The van der Waals surface area contributed by atoms with E-state index in [9.17, 15) is 9.59 Å². The summed E-state index contributed by atoms with van der Waals surface area (Å²) < 4.78 is 0. The van der Waals surface area contributed by atoms with Crippen LogP contribution in [0.15, 0.2) is 53.6 Å². The van der Waals surface area contributed by atoms with Gasteiger partial charge < -0.3 is 10.2 Å². The Morgan fingerprint density at radius 1 is 1.07 bits per heavy atom. The van der Waals surface area contributed by atoms with Gasteiger partial charge in [-0.15, -0.1) is 0 Å². The van der Waals surface area contributed by atoms with E-state index in [2.05, 4.69) is 34.6 Å². The van der Waals surface area contributed by atoms with Crippen LogP contribution in [0.4, 0.5) is 5.69 Å². The van der Waals surface area contributed by atoms with Crippen molar-refractivity contribution in [3.05, 3.63) is 64.7 Å². The van der Waals surface area contributed by atoms with Gasteiger partial charge in [0, 0.05) is 18.8 Å². The van der Waals surface area contributed by atoms with Crippen molar-refractivity contribution in [2.45, 2.75) is 13.8 Å². The molecule has 0 aliphatic carbocycles. The van der Waals surface area contributed by atoms with Crippen LogP contribution in [0.3, 0.4) is 0 Å². The standard InChI is InChI=1S/C20H23ClN4O2/c1-3-25(4-2)16-11-9-15(10-12-16)13-23-24-19(26)14-22-20(27)17-7-5-6-8-18(17)21/h5-13H,3-4,14H2,1-2H3,(H,22,27)(H,24,26). The fourth-order valence-corrected chi connectivity index (χ4v) is 2.70. The summed E-state index contributed by atoms with van der Waals surface area (Å²) in [6, 6.07) is 14.5. The van der Waals surface area contributed by atoms with Crippen molar-refractivity contribution in [2.75, 3.05) is 24.5 Å². The lowest BCUT2D eigenvalue weighted by Crippen LogP contribution is -2.35. The summed E-state index contributed by atoms with van der Waals surface area (Å²) in [4.78, 5) is 26.0. The van der Waals surface area contributed by atoms with E-state index in [0.29, 0.717) is 10.6 Å². The summed E-state index contributed by atoms with van der Waals surface area (Å²) in [6.45, 7) is 5.92. The lowest BCUT2D eigenvalue weighted by Gasteiger charge is -2.20. The molecule has 0 aromatic heterocycles. The van der Waals surface area contributed by atoms with Gasteiger partial charge >= 0.3 is 0 Å². The summed E-state index contributed by atoms with van der Waals surface area (Å²) in [7, 11) is 0. The fraction of sp³-hybridized carbons (Fsp3) is 0.250. The van der Waals surface area contributed by atoms with Crippen molar-refractivity contribution in [3.63, 3.8) is 0 Å². The van der Waals surface area contributed by atoms with E-state index in [-0.39, 0.29) is 6.54 Å². The molecular weight excluding hydrogens is 364 g/mol. The van der Waals surface area contributed by atoms with Gasteiger partial charge in [0.25, 0.3) is 11.8 Å². The number of hydrazone groups is 1. The molecule has 0 saturated heterocycles. The van der Waals surface area contributed by atoms with E-state index in [1.54, 1.807) is 30.5 Å². The van der Waals surface area contributed by atoms with Crippen molar-refractivity contribution >= 4 is 35.3 Å². The first kappa shape index (κ1) is 20.5. The lowest BCUT2D eigenvalue weighted by atomic mass is 10.2. The van der Waals surface area contributed by atoms with Crippen molar-refractivity contribution in [1.29, 1.82) is 0 Å². The zero-order valence-electron chi connectivity index (χ0n) is 15.4. The SMILES string of the molecule is CCN(CC)c1ccc(C=NNC(=O)CNC(=O)c2ccccc2Cl)cc1. The molecule has 0 saturated carbocycles. The molecular formula is C20H23ClN4O2. The normalized spacial score (nSPS) is 10.6. The zero-order chi connectivity index (χ0) is 19.6. The number of anilines is 1. The molecule has 2 rings (SSSR count). The molecule has 2 amide bonds. The highest BCUT2D eigenvalue weighted by molar-refractivity contribution is 6.33. The second-order valence-electron chi connectivity index (χ2n) is 5.72. The fourth-order valence-electron chi connectivity index (χ4n) is 2.48. The highest BCUT2D eigenvalue weighted by atomic mass is 35.5. The summed E-state index contributed by atoms with van der Waals surface area (Å²) in [5, 5.41) is 6.75. The number of rotatable bonds is 8. The third-order valence-electron chi connectivity index (χ3n) is 3.95. The quantitative estimate of drug-likeness (QED) is 0.541. The maximum atomic E-state index is 12.0. The molecule has 6 nitrogen and oxygen atoms in total. The molecule has 0 atom stereocenters. The average molecular weight is 387 g/mol. The molecule has 0 aliphatic rings. The van der Waals surface area contributed by atoms with Crippen molar-refractivity contribution in [1.82, 2.24) is 10.7 Å². The van der Waals surface area contributed by atoms with E-state index in [1.165, 1.54) is 0 Å². The van der Waals surface area contributed by atoms with E-state index in [4.69, 9.17) is 11.6 Å². The molecule has 0 fully saturated rings. The van der Waals surface area contributed by atoms with E-state index in [1.807, 2.05) is 24.3 Å². The molecule has 0 heterocycles. The number of benzene rings is 2. The van der Waals surface area contributed by atoms with Crippen LogP contribution in [0.2, 0.25) is 5.02 Å². The zero-order valence-corrected chi connectivity index (χ0v) is 16.2. The molecule has 0 radical (unpaired) electrons. The van der Waals surface area contributed by atoms with Gasteiger partial charge in [-0.1, -0.05) is 35.9 Å². The van der Waals surface area contributed by atoms with Crippen LogP contribution < -0.4 is 15.6 Å². The summed E-state index contributed by atoms with van der Waals surface area (Å²) in [5.41, 5.74) is 4.72. The van der Waals surface area contributed by atoms with Crippen LogP contribution in [0, 0.1) is 0 Å². The first-order valence-electron chi connectivity index (χ1n) is 8.74. The molecule has 2 N–H and O–H groups in total. The number of amides is 2. The van der Waals surface area contributed by atoms with E-state index in [0.717, 1.165) is 24.3 Å². The smallest absolute Gasteiger partial charge is 0.259 e. The topological polar surface area (TPSA) is 73.8 Å². The maximum absolute atomic E-state index is 12.0. The third kappa shape index (κ3) is 6.11. The van der Waals surface area contributed by atoms with E-state index < -0.39 is 11.8 Å². The van der Waals surface area contributed by atoms with Crippen LogP contribution in [0.25, 0.3) is 0 Å². The predicted octanol–water partition coefficient (Wildman–Crippen LogP) is 3.07. The minimum absolute atomic E-state index is 0.192. The number of nitrogens with one attached hydrogen (secondary N) is 2. The Morgan fingerprint density at radius 3 is 2.37 bits per heavy atom. The van der Waals surface area contributed by atoms with Gasteiger partial charge in [0.2, 0.25) is 0 Å². The van der Waals surface area contributed by atoms with Gasteiger partial charge in [0.1, 0.15) is 0 Å². The second kappa shape index (κ2) is 10.3. The summed E-state index contributed by atoms with van der Waals surface area (Å²) in [6.07, 6.45) is 1.56. The minimum atomic E-state index is -0.425. The number of nitrogens with zero attached hydrogens (tertiary/aromatic N) is 2. The molecule has 0 bridgehead atoms. The lowest BCUT2D eigenvalue weighted by molar-refractivity contribution is -0.120. The number of carbonyl (C=O) groups is 2. The molecule has 2 aromatic rings. The van der Waals surface area contributed by atoms with Gasteiger partial charge in [-0.25, -0.2) is 5.43 Å². The Bertz CT molecular complexity index is 802. The molecule has 0 aliphatic heterocycles. The van der Waals surface area contributed by atoms with Crippen LogP contribution in [-0.4, -0.2) is 37.7 Å². The van der Waals surface area contributed by atoms with Crippen molar-refractivity contribution in [2.24, 2.45) is 5.10 Å². The first-order chi connectivity index (χ1) is 13.0. The second-order valence-corrected chi connectivity index (χ2v) is 6.13. The highest BCUT2D eigenvalue weighted by Gasteiger charge is 2.10.